The Bertz CT molecular complexity index is 652. The molecule has 122 valence electrons. The Morgan fingerprint density at radius 1 is 1.30 bits per heavy atom. The fourth-order valence-electron chi connectivity index (χ4n) is 2.81. The maximum atomic E-state index is 12.1. The van der Waals surface area contributed by atoms with Gasteiger partial charge >= 0.3 is 6.09 Å². The Balaban J connectivity index is 1.67. The van der Waals surface area contributed by atoms with Crippen molar-refractivity contribution < 1.29 is 9.53 Å². The van der Waals surface area contributed by atoms with Crippen molar-refractivity contribution in [1.82, 2.24) is 14.5 Å². The van der Waals surface area contributed by atoms with Gasteiger partial charge in [0.2, 0.25) is 0 Å². The number of benzene rings is 1. The lowest BCUT2D eigenvalue weighted by Gasteiger charge is -2.27. The minimum atomic E-state index is -0.212. The summed E-state index contributed by atoms with van der Waals surface area (Å²) in [6, 6.07) is 10.3. The first-order valence-corrected chi connectivity index (χ1v) is 8.26. The molecule has 0 bridgehead atoms. The summed E-state index contributed by atoms with van der Waals surface area (Å²) in [5.41, 5.74) is 3.45. The van der Waals surface area contributed by atoms with Crippen LogP contribution in [-0.2, 0) is 24.2 Å². The second-order valence-electron chi connectivity index (χ2n) is 5.89. The minimum absolute atomic E-state index is 0.212. The minimum Gasteiger partial charge on any atom is -0.449 e. The van der Waals surface area contributed by atoms with E-state index in [9.17, 15) is 4.79 Å². The number of hydrogen-bond donors (Lipinski definition) is 0. The summed E-state index contributed by atoms with van der Waals surface area (Å²) < 4.78 is 7.46. The van der Waals surface area contributed by atoms with Gasteiger partial charge in [-0.25, -0.2) is 9.78 Å². The molecule has 23 heavy (non-hydrogen) atoms. The molecule has 3 rings (SSSR count). The monoisotopic (exact) mass is 313 g/mol. The molecule has 5 nitrogen and oxygen atoms in total. The van der Waals surface area contributed by atoms with Crippen molar-refractivity contribution >= 4 is 6.09 Å². The van der Waals surface area contributed by atoms with Gasteiger partial charge in [0.15, 0.2) is 0 Å². The topological polar surface area (TPSA) is 47.4 Å². The van der Waals surface area contributed by atoms with Crippen LogP contribution in [0.1, 0.15) is 36.7 Å². The van der Waals surface area contributed by atoms with Gasteiger partial charge in [-0.05, 0) is 12.0 Å². The molecule has 0 unspecified atom stereocenters. The molecule has 2 heterocycles. The van der Waals surface area contributed by atoms with E-state index in [2.05, 4.69) is 28.6 Å². The third kappa shape index (κ3) is 3.73. The predicted octanol–water partition coefficient (Wildman–Crippen LogP) is 3.23. The fraction of sp³-hybridized carbons (Fsp3) is 0.444. The number of fused-ring (bicyclic) bond motifs is 1. The predicted molar refractivity (Wildman–Crippen MR) is 88.1 cm³/mol. The highest BCUT2D eigenvalue weighted by atomic mass is 16.6. The Morgan fingerprint density at radius 3 is 2.91 bits per heavy atom. The second kappa shape index (κ2) is 7.31. The number of carbonyl (C=O) groups excluding carboxylic acids is 1. The van der Waals surface area contributed by atoms with Crippen LogP contribution in [0.4, 0.5) is 4.79 Å². The van der Waals surface area contributed by atoms with Crippen LogP contribution >= 0.6 is 0 Å². The number of unbranched alkanes of at least 4 members (excludes halogenated alkanes) is 1. The molecule has 0 atom stereocenters. The highest BCUT2D eigenvalue weighted by molar-refractivity contribution is 5.68. The molecular weight excluding hydrogens is 290 g/mol. The molecule has 5 heteroatoms. The van der Waals surface area contributed by atoms with Gasteiger partial charge in [0.25, 0.3) is 0 Å². The van der Waals surface area contributed by atoms with Crippen molar-refractivity contribution in [2.24, 2.45) is 0 Å². The van der Waals surface area contributed by atoms with Crippen molar-refractivity contribution in [2.75, 3.05) is 13.2 Å². The summed E-state index contributed by atoms with van der Waals surface area (Å²) in [6.07, 6.45) is 4.40. The first kappa shape index (κ1) is 15.6. The second-order valence-corrected chi connectivity index (χ2v) is 5.89. The van der Waals surface area contributed by atoms with Crippen LogP contribution < -0.4 is 0 Å². The van der Waals surface area contributed by atoms with E-state index in [1.165, 1.54) is 5.56 Å². The molecular formula is C18H23N3O2. The molecule has 1 aromatic heterocycles. The van der Waals surface area contributed by atoms with Gasteiger partial charge in [0.1, 0.15) is 0 Å². The van der Waals surface area contributed by atoms with Crippen molar-refractivity contribution in [1.29, 1.82) is 0 Å². The number of aromatic nitrogens is 2. The zero-order valence-corrected chi connectivity index (χ0v) is 13.6. The quantitative estimate of drug-likeness (QED) is 0.796. The Hall–Kier alpha value is -2.30. The summed E-state index contributed by atoms with van der Waals surface area (Å²) >= 11 is 0. The van der Waals surface area contributed by atoms with Gasteiger partial charge in [-0.3, -0.25) is 0 Å². The molecule has 0 spiro atoms. The van der Waals surface area contributed by atoms with Gasteiger partial charge in [-0.1, -0.05) is 43.7 Å². The van der Waals surface area contributed by atoms with Gasteiger partial charge in [-0.2, -0.15) is 0 Å². The molecule has 0 aliphatic carbocycles. The number of carbonyl (C=O) groups is 1. The van der Waals surface area contributed by atoms with E-state index in [1.54, 1.807) is 4.90 Å². The van der Waals surface area contributed by atoms with Crippen molar-refractivity contribution in [3.63, 3.8) is 0 Å². The summed E-state index contributed by atoms with van der Waals surface area (Å²) in [5.74, 6) is 0. The average molecular weight is 313 g/mol. The van der Waals surface area contributed by atoms with Crippen LogP contribution in [-0.4, -0.2) is 33.7 Å². The van der Waals surface area contributed by atoms with E-state index < -0.39 is 0 Å². The van der Waals surface area contributed by atoms with Crippen LogP contribution in [0.3, 0.4) is 0 Å². The number of nitrogens with zero attached hydrogens (tertiary/aromatic N) is 3. The average Bonchev–Trinajstić information content (AvgIpc) is 2.98. The standard InChI is InChI=1S/C18H23N3O2/c1-2-3-11-23-18(22)20-10-9-16-17(13-20)21(14-19-16)12-15-7-5-4-6-8-15/h4-8,14H,2-3,9-13H2,1H3. The van der Waals surface area contributed by atoms with Crippen molar-refractivity contribution in [3.8, 4) is 0 Å². The highest BCUT2D eigenvalue weighted by Crippen LogP contribution is 2.19. The molecule has 0 saturated carbocycles. The number of ether oxygens (including phenoxy) is 1. The molecule has 0 N–H and O–H groups in total. The molecule has 1 aliphatic heterocycles. The van der Waals surface area contributed by atoms with E-state index in [0.29, 0.717) is 19.7 Å². The normalized spacial score (nSPS) is 13.7. The lowest BCUT2D eigenvalue weighted by atomic mass is 10.1. The third-order valence-electron chi connectivity index (χ3n) is 4.17. The van der Waals surface area contributed by atoms with Crippen LogP contribution in [0.2, 0.25) is 0 Å². The zero-order valence-electron chi connectivity index (χ0n) is 13.6. The number of amides is 1. The summed E-state index contributed by atoms with van der Waals surface area (Å²) in [5, 5.41) is 0. The van der Waals surface area contributed by atoms with E-state index in [-0.39, 0.29) is 6.09 Å². The van der Waals surface area contributed by atoms with Gasteiger partial charge in [-0.15, -0.1) is 0 Å². The van der Waals surface area contributed by atoms with E-state index in [1.807, 2.05) is 24.5 Å². The van der Waals surface area contributed by atoms with Crippen molar-refractivity contribution in [3.05, 3.63) is 53.6 Å². The lowest BCUT2D eigenvalue weighted by molar-refractivity contribution is 0.0955. The van der Waals surface area contributed by atoms with Crippen LogP contribution in [0.5, 0.6) is 0 Å². The van der Waals surface area contributed by atoms with Crippen LogP contribution in [0.25, 0.3) is 0 Å². The molecule has 1 amide bonds. The number of hydrogen-bond acceptors (Lipinski definition) is 3. The Labute approximate surface area is 136 Å². The SMILES string of the molecule is CCCCOC(=O)N1CCc2ncn(Cc3ccccc3)c2C1. The maximum absolute atomic E-state index is 12.1. The summed E-state index contributed by atoms with van der Waals surface area (Å²) in [6.45, 7) is 4.63. The van der Waals surface area contributed by atoms with E-state index in [0.717, 1.165) is 37.2 Å². The van der Waals surface area contributed by atoms with Gasteiger partial charge in [0, 0.05) is 19.5 Å². The highest BCUT2D eigenvalue weighted by Gasteiger charge is 2.25. The lowest BCUT2D eigenvalue weighted by Crippen LogP contribution is -2.37. The smallest absolute Gasteiger partial charge is 0.410 e. The fourth-order valence-corrected chi connectivity index (χ4v) is 2.81. The van der Waals surface area contributed by atoms with Gasteiger partial charge in [0.05, 0.1) is 30.9 Å². The van der Waals surface area contributed by atoms with Crippen LogP contribution in [0.15, 0.2) is 36.7 Å². The third-order valence-corrected chi connectivity index (χ3v) is 4.17. The largest absolute Gasteiger partial charge is 0.449 e. The van der Waals surface area contributed by atoms with E-state index >= 15 is 0 Å². The molecule has 1 aliphatic rings. The first-order chi connectivity index (χ1) is 11.3. The molecule has 0 fully saturated rings. The Kier molecular flexibility index (Phi) is 4.95. The summed E-state index contributed by atoms with van der Waals surface area (Å²) in [4.78, 5) is 18.4. The zero-order chi connectivity index (χ0) is 16.1. The molecule has 2 aromatic rings. The summed E-state index contributed by atoms with van der Waals surface area (Å²) in [7, 11) is 0. The van der Waals surface area contributed by atoms with Gasteiger partial charge < -0.3 is 14.2 Å². The molecule has 0 saturated heterocycles. The molecule has 0 radical (unpaired) electrons. The molecule has 1 aromatic carbocycles. The number of rotatable bonds is 5. The first-order valence-electron chi connectivity index (χ1n) is 8.26. The van der Waals surface area contributed by atoms with Crippen LogP contribution in [0, 0.1) is 0 Å². The Morgan fingerprint density at radius 2 is 2.13 bits per heavy atom. The maximum Gasteiger partial charge on any atom is 0.410 e. The van der Waals surface area contributed by atoms with E-state index in [4.69, 9.17) is 4.74 Å². The number of imidazole rings is 1. The van der Waals surface area contributed by atoms with Crippen molar-refractivity contribution in [2.45, 2.75) is 39.3 Å².